The van der Waals surface area contributed by atoms with Crippen LogP contribution < -0.4 is 4.74 Å². The van der Waals surface area contributed by atoms with Crippen LogP contribution in [0.15, 0.2) is 79.4 Å². The maximum Gasteiger partial charge on any atom is 0.343 e. The Hall–Kier alpha value is -4.07. The normalized spacial score (nSPS) is 8.62. The molecule has 0 unspecified atom stereocenters. The van der Waals surface area contributed by atoms with Gasteiger partial charge in [0.05, 0.1) is 19.1 Å². The average molecular weight is 477 g/mol. The van der Waals surface area contributed by atoms with E-state index in [0.29, 0.717) is 0 Å². The van der Waals surface area contributed by atoms with Crippen LogP contribution in [0, 0.1) is 5.82 Å². The Labute approximate surface area is 198 Å². The number of halogens is 2. The topological polar surface area (TPSA) is 89.9 Å². The summed E-state index contributed by atoms with van der Waals surface area (Å²) in [7, 11) is 1.23. The molecule has 2 aromatic rings. The molecular formula is C26H30F2O6. The molecule has 6 nitrogen and oxygen atoms in total. The van der Waals surface area contributed by atoms with Crippen molar-refractivity contribution in [3.63, 3.8) is 0 Å². The SMILES string of the molecule is C=CC=C(C)C.C=CCF.C=O.COC(=O)Cc1cc(OC(=O)c2ccc(F)cc2)ccc1O. The van der Waals surface area contributed by atoms with Crippen molar-refractivity contribution in [1.29, 1.82) is 0 Å². The first-order valence-electron chi connectivity index (χ1n) is 9.76. The molecule has 0 amide bonds. The van der Waals surface area contributed by atoms with Crippen LogP contribution in [0.3, 0.4) is 0 Å². The van der Waals surface area contributed by atoms with Gasteiger partial charge in [-0.15, -0.1) is 6.58 Å². The first-order chi connectivity index (χ1) is 16.2. The zero-order valence-electron chi connectivity index (χ0n) is 19.6. The summed E-state index contributed by atoms with van der Waals surface area (Å²) >= 11 is 0. The fourth-order valence-electron chi connectivity index (χ4n) is 1.98. The Bertz CT molecular complexity index is 933. The van der Waals surface area contributed by atoms with Crippen LogP contribution in [-0.2, 0) is 20.7 Å². The number of rotatable bonds is 6. The van der Waals surface area contributed by atoms with Gasteiger partial charge < -0.3 is 19.4 Å². The van der Waals surface area contributed by atoms with E-state index in [-0.39, 0.29) is 29.0 Å². The molecule has 0 aliphatic rings. The van der Waals surface area contributed by atoms with Crippen LogP contribution in [-0.4, -0.2) is 37.6 Å². The fourth-order valence-corrected chi connectivity index (χ4v) is 1.98. The van der Waals surface area contributed by atoms with Crippen molar-refractivity contribution in [3.8, 4) is 11.5 Å². The lowest BCUT2D eigenvalue weighted by atomic mass is 10.1. The molecule has 1 N–H and O–H groups in total. The number of benzene rings is 2. The highest BCUT2D eigenvalue weighted by atomic mass is 19.1. The molecule has 0 saturated carbocycles. The number of methoxy groups -OCH3 is 1. The number of alkyl halides is 1. The van der Waals surface area contributed by atoms with Crippen molar-refractivity contribution in [2.45, 2.75) is 20.3 Å². The van der Waals surface area contributed by atoms with E-state index in [1.54, 1.807) is 6.08 Å². The van der Waals surface area contributed by atoms with E-state index in [2.05, 4.69) is 17.9 Å². The summed E-state index contributed by atoms with van der Waals surface area (Å²) in [6.07, 6.45) is 4.82. The van der Waals surface area contributed by atoms with Gasteiger partial charge in [-0.3, -0.25) is 4.79 Å². The Morgan fingerprint density at radius 1 is 1.06 bits per heavy atom. The number of carbonyl (C=O) groups is 3. The van der Waals surface area contributed by atoms with Crippen LogP contribution in [0.2, 0.25) is 0 Å². The van der Waals surface area contributed by atoms with Crippen LogP contribution >= 0.6 is 0 Å². The van der Waals surface area contributed by atoms with Crippen molar-refractivity contribution >= 4 is 18.7 Å². The number of carbonyl (C=O) groups excluding carboxylic acids is 3. The third-order valence-corrected chi connectivity index (χ3v) is 3.46. The minimum absolute atomic E-state index is 0.105. The Balaban J connectivity index is 0. The maximum atomic E-state index is 12.8. The van der Waals surface area contributed by atoms with Crippen molar-refractivity contribution < 1.29 is 37.7 Å². The number of phenolic OH excluding ortho intramolecular Hbond substituents is 1. The molecular weight excluding hydrogens is 446 g/mol. The zero-order chi connectivity index (χ0) is 26.5. The van der Waals surface area contributed by atoms with E-state index in [1.807, 2.05) is 26.7 Å². The molecule has 184 valence electrons. The predicted molar refractivity (Wildman–Crippen MR) is 128 cm³/mol. The fraction of sp³-hybridized carbons (Fsp3) is 0.192. The molecule has 0 aromatic heterocycles. The van der Waals surface area contributed by atoms with Gasteiger partial charge in [-0.2, -0.15) is 0 Å². The summed E-state index contributed by atoms with van der Waals surface area (Å²) in [5, 5.41) is 9.67. The second-order valence-corrected chi connectivity index (χ2v) is 6.36. The van der Waals surface area contributed by atoms with Gasteiger partial charge in [-0.25, -0.2) is 13.6 Å². The van der Waals surface area contributed by atoms with E-state index in [1.165, 1.54) is 49.1 Å². The molecule has 2 rings (SSSR count). The number of hydrogen-bond acceptors (Lipinski definition) is 6. The van der Waals surface area contributed by atoms with Gasteiger partial charge in [-0.05, 0) is 56.3 Å². The van der Waals surface area contributed by atoms with Gasteiger partial charge in [0, 0.05) is 5.56 Å². The van der Waals surface area contributed by atoms with Crippen molar-refractivity contribution in [2.24, 2.45) is 0 Å². The quantitative estimate of drug-likeness (QED) is 0.254. The zero-order valence-corrected chi connectivity index (χ0v) is 19.6. The van der Waals surface area contributed by atoms with E-state index in [4.69, 9.17) is 9.53 Å². The van der Waals surface area contributed by atoms with E-state index in [9.17, 15) is 23.5 Å². The molecule has 34 heavy (non-hydrogen) atoms. The molecule has 0 aliphatic heterocycles. The van der Waals surface area contributed by atoms with Crippen LogP contribution in [0.25, 0.3) is 0 Å². The van der Waals surface area contributed by atoms with Gasteiger partial charge in [-0.1, -0.05) is 30.4 Å². The first kappa shape index (κ1) is 32.1. The summed E-state index contributed by atoms with van der Waals surface area (Å²) in [4.78, 5) is 31.1. The number of esters is 2. The summed E-state index contributed by atoms with van der Waals surface area (Å²) in [6, 6.07) is 8.96. The second-order valence-electron chi connectivity index (χ2n) is 6.36. The first-order valence-corrected chi connectivity index (χ1v) is 9.76. The third-order valence-electron chi connectivity index (χ3n) is 3.46. The van der Waals surface area contributed by atoms with Gasteiger partial charge in [0.25, 0.3) is 0 Å². The molecule has 0 atom stereocenters. The highest BCUT2D eigenvalue weighted by Gasteiger charge is 2.13. The predicted octanol–water partition coefficient (Wildman–Crippen LogP) is 5.56. The summed E-state index contributed by atoms with van der Waals surface area (Å²) in [5.74, 6) is -1.61. The summed E-state index contributed by atoms with van der Waals surface area (Å²) < 4.78 is 33.1. The van der Waals surface area contributed by atoms with E-state index >= 15 is 0 Å². The van der Waals surface area contributed by atoms with Gasteiger partial charge in [0.1, 0.15) is 30.8 Å². The van der Waals surface area contributed by atoms with Crippen LogP contribution in [0.4, 0.5) is 8.78 Å². The Morgan fingerprint density at radius 2 is 1.62 bits per heavy atom. The Kier molecular flexibility index (Phi) is 18.5. The molecule has 0 radical (unpaired) electrons. The minimum atomic E-state index is -0.672. The van der Waals surface area contributed by atoms with Gasteiger partial charge in [0.15, 0.2) is 0 Å². The lowest BCUT2D eigenvalue weighted by Crippen LogP contribution is -2.09. The molecule has 0 saturated heterocycles. The lowest BCUT2D eigenvalue weighted by molar-refractivity contribution is -0.139. The Morgan fingerprint density at radius 3 is 2.03 bits per heavy atom. The standard InChI is InChI=1S/C16H13FO5.C6H10.C3H5F.CH2O/c1-21-15(19)9-11-8-13(6-7-14(11)18)22-16(20)10-2-4-12(17)5-3-10;1-4-5-6(2)3;1-2-3-4;1-2/h2-8,18H,9H2,1H3;4-5H,1H2,2-3H3;2H,1,3H2;1H2. The molecule has 0 spiro atoms. The van der Waals surface area contributed by atoms with E-state index < -0.39 is 24.4 Å². The maximum absolute atomic E-state index is 12.8. The highest BCUT2D eigenvalue weighted by molar-refractivity contribution is 5.91. The monoisotopic (exact) mass is 476 g/mol. The van der Waals surface area contributed by atoms with Crippen LogP contribution in [0.5, 0.6) is 11.5 Å². The summed E-state index contributed by atoms with van der Waals surface area (Å²) in [5.41, 5.74) is 1.75. The largest absolute Gasteiger partial charge is 0.508 e. The lowest BCUT2D eigenvalue weighted by Gasteiger charge is -2.08. The highest BCUT2D eigenvalue weighted by Crippen LogP contribution is 2.24. The van der Waals surface area contributed by atoms with Crippen molar-refractivity contribution in [1.82, 2.24) is 0 Å². The number of aromatic hydroxyl groups is 1. The number of ether oxygens (including phenoxy) is 2. The minimum Gasteiger partial charge on any atom is -0.508 e. The van der Waals surface area contributed by atoms with Gasteiger partial charge >= 0.3 is 11.9 Å². The molecule has 0 heterocycles. The smallest absolute Gasteiger partial charge is 0.343 e. The van der Waals surface area contributed by atoms with Crippen molar-refractivity contribution in [2.75, 3.05) is 13.8 Å². The number of allylic oxidation sites excluding steroid dienone is 4. The second kappa shape index (κ2) is 19.6. The number of hydrogen-bond donors (Lipinski definition) is 1. The van der Waals surface area contributed by atoms with Gasteiger partial charge in [0.2, 0.25) is 0 Å². The molecule has 2 aromatic carbocycles. The number of phenols is 1. The van der Waals surface area contributed by atoms with Crippen LogP contribution in [0.1, 0.15) is 29.8 Å². The molecule has 0 fully saturated rings. The molecule has 0 aliphatic carbocycles. The molecule has 0 bridgehead atoms. The van der Waals surface area contributed by atoms with Crippen molar-refractivity contribution in [3.05, 3.63) is 96.4 Å². The third kappa shape index (κ3) is 14.9. The summed E-state index contributed by atoms with van der Waals surface area (Å²) in [6.45, 7) is 12.3. The molecule has 8 heteroatoms. The average Bonchev–Trinajstić information content (AvgIpc) is 2.83. The van der Waals surface area contributed by atoms with E-state index in [0.717, 1.165) is 12.1 Å².